The minimum atomic E-state index is -3.57. The predicted molar refractivity (Wildman–Crippen MR) is 95.3 cm³/mol. The van der Waals surface area contributed by atoms with Gasteiger partial charge in [-0.25, -0.2) is 13.2 Å². The lowest BCUT2D eigenvalue weighted by atomic mass is 10.3. The Morgan fingerprint density at radius 1 is 1.11 bits per heavy atom. The molecule has 1 aliphatic heterocycles. The van der Waals surface area contributed by atoms with Gasteiger partial charge in [-0.05, 0) is 12.1 Å². The van der Waals surface area contributed by atoms with Crippen molar-refractivity contribution in [2.75, 3.05) is 32.8 Å². The van der Waals surface area contributed by atoms with E-state index in [9.17, 15) is 18.0 Å². The maximum atomic E-state index is 12.6. The number of carbonyl (C=O) groups excluding carboxylic acids is 2. The fraction of sp³-hybridized carbons (Fsp3) is 0.353. The van der Waals surface area contributed by atoms with E-state index < -0.39 is 16.0 Å². The molecule has 1 aromatic carbocycles. The van der Waals surface area contributed by atoms with Gasteiger partial charge in [0.05, 0.1) is 16.7 Å². The summed E-state index contributed by atoms with van der Waals surface area (Å²) in [4.78, 5) is 25.8. The summed E-state index contributed by atoms with van der Waals surface area (Å²) in [5.41, 5.74) is 0.268. The molecule has 2 heterocycles. The van der Waals surface area contributed by atoms with E-state index in [2.05, 4.69) is 5.10 Å². The second-order valence-electron chi connectivity index (χ2n) is 6.08. The second kappa shape index (κ2) is 7.89. The van der Waals surface area contributed by atoms with Crippen LogP contribution in [-0.4, -0.2) is 72.1 Å². The summed E-state index contributed by atoms with van der Waals surface area (Å²) in [5, 5.41) is 3.87. The molecular formula is C17H20N4O5S. The Labute approximate surface area is 157 Å². The van der Waals surface area contributed by atoms with Crippen molar-refractivity contribution >= 4 is 21.9 Å². The summed E-state index contributed by atoms with van der Waals surface area (Å²) in [7, 11) is -1.90. The highest BCUT2D eigenvalue weighted by Gasteiger charge is 2.30. The highest BCUT2D eigenvalue weighted by atomic mass is 32.2. The number of esters is 1. The zero-order chi connectivity index (χ0) is 19.4. The van der Waals surface area contributed by atoms with Crippen molar-refractivity contribution in [1.82, 2.24) is 19.0 Å². The van der Waals surface area contributed by atoms with Gasteiger partial charge in [-0.3, -0.25) is 9.48 Å². The molecule has 0 bridgehead atoms. The average Bonchev–Trinajstić information content (AvgIpc) is 3.13. The first-order valence-electron chi connectivity index (χ1n) is 8.36. The van der Waals surface area contributed by atoms with Gasteiger partial charge < -0.3 is 9.64 Å². The SMILES string of the molecule is Cn1cc(C(=O)OCC(=O)N2CCN(S(=O)(=O)c3ccccc3)CC2)cn1. The summed E-state index contributed by atoms with van der Waals surface area (Å²) in [6.45, 7) is 0.489. The van der Waals surface area contributed by atoms with Gasteiger partial charge >= 0.3 is 5.97 Å². The van der Waals surface area contributed by atoms with Crippen LogP contribution < -0.4 is 0 Å². The molecule has 0 atom stereocenters. The molecule has 0 unspecified atom stereocenters. The molecule has 144 valence electrons. The van der Waals surface area contributed by atoms with Crippen LogP contribution in [0.25, 0.3) is 0 Å². The highest BCUT2D eigenvalue weighted by Crippen LogP contribution is 2.17. The average molecular weight is 392 g/mol. The van der Waals surface area contributed by atoms with Gasteiger partial charge in [0, 0.05) is 39.4 Å². The first-order chi connectivity index (χ1) is 12.9. The van der Waals surface area contributed by atoms with Gasteiger partial charge in [0.25, 0.3) is 5.91 Å². The van der Waals surface area contributed by atoms with Crippen LogP contribution in [0.5, 0.6) is 0 Å². The van der Waals surface area contributed by atoms with Crippen LogP contribution in [0.4, 0.5) is 0 Å². The first kappa shape index (κ1) is 19.1. The summed E-state index contributed by atoms with van der Waals surface area (Å²) >= 11 is 0. The molecule has 2 aromatic rings. The van der Waals surface area contributed by atoms with Crippen molar-refractivity contribution in [3.05, 3.63) is 48.3 Å². The molecule has 0 aliphatic carbocycles. The van der Waals surface area contributed by atoms with Gasteiger partial charge in [-0.15, -0.1) is 0 Å². The molecular weight excluding hydrogens is 372 g/mol. The summed E-state index contributed by atoms with van der Waals surface area (Å²) in [5.74, 6) is -0.981. The number of hydrogen-bond donors (Lipinski definition) is 0. The van der Waals surface area contributed by atoms with E-state index in [0.717, 1.165) is 0 Å². The van der Waals surface area contributed by atoms with Gasteiger partial charge in [-0.1, -0.05) is 18.2 Å². The van der Waals surface area contributed by atoms with E-state index in [1.54, 1.807) is 37.4 Å². The smallest absolute Gasteiger partial charge is 0.341 e. The van der Waals surface area contributed by atoms with E-state index in [-0.39, 0.29) is 49.2 Å². The van der Waals surface area contributed by atoms with Crippen molar-refractivity contribution in [3.63, 3.8) is 0 Å². The minimum Gasteiger partial charge on any atom is -0.452 e. The summed E-state index contributed by atoms with van der Waals surface area (Å²) in [6, 6.07) is 8.18. The van der Waals surface area contributed by atoms with Gasteiger partial charge in [-0.2, -0.15) is 9.40 Å². The zero-order valence-corrected chi connectivity index (χ0v) is 15.6. The molecule has 9 nitrogen and oxygen atoms in total. The number of ether oxygens (including phenoxy) is 1. The lowest BCUT2D eigenvalue weighted by Crippen LogP contribution is -2.51. The Bertz CT molecular complexity index is 918. The Morgan fingerprint density at radius 2 is 1.78 bits per heavy atom. The third-order valence-electron chi connectivity index (χ3n) is 4.24. The molecule has 1 amide bonds. The minimum absolute atomic E-state index is 0.194. The van der Waals surface area contributed by atoms with Crippen LogP contribution in [0, 0.1) is 0 Å². The quantitative estimate of drug-likeness (QED) is 0.670. The molecule has 1 aromatic heterocycles. The summed E-state index contributed by atoms with van der Waals surface area (Å²) < 4.78 is 33.0. The monoisotopic (exact) mass is 392 g/mol. The number of aryl methyl sites for hydroxylation is 1. The predicted octanol–water partition coefficient (Wildman–Crippen LogP) is 0.110. The number of nitrogens with zero attached hydrogens (tertiary/aromatic N) is 4. The topological polar surface area (TPSA) is 102 Å². The van der Waals surface area contributed by atoms with Crippen LogP contribution in [0.2, 0.25) is 0 Å². The highest BCUT2D eigenvalue weighted by molar-refractivity contribution is 7.89. The number of benzene rings is 1. The number of hydrogen-bond acceptors (Lipinski definition) is 6. The van der Waals surface area contributed by atoms with Crippen molar-refractivity contribution < 1.29 is 22.7 Å². The standard InChI is InChI=1S/C17H20N4O5S/c1-19-12-14(11-18-19)17(23)26-13-16(22)20-7-9-21(10-8-20)27(24,25)15-5-3-2-4-6-15/h2-6,11-12H,7-10,13H2,1H3. The van der Waals surface area contributed by atoms with Crippen molar-refractivity contribution in [1.29, 1.82) is 0 Å². The van der Waals surface area contributed by atoms with Gasteiger partial charge in [0.2, 0.25) is 10.0 Å². The number of sulfonamides is 1. The zero-order valence-electron chi connectivity index (χ0n) is 14.8. The fourth-order valence-corrected chi connectivity index (χ4v) is 4.19. The van der Waals surface area contributed by atoms with Crippen molar-refractivity contribution in [2.24, 2.45) is 7.05 Å². The van der Waals surface area contributed by atoms with Crippen LogP contribution in [-0.2, 0) is 26.6 Å². The number of amides is 1. The van der Waals surface area contributed by atoms with Crippen LogP contribution in [0.3, 0.4) is 0 Å². The maximum absolute atomic E-state index is 12.6. The lowest BCUT2D eigenvalue weighted by molar-refractivity contribution is -0.135. The Hall–Kier alpha value is -2.72. The molecule has 27 heavy (non-hydrogen) atoms. The molecule has 0 N–H and O–H groups in total. The first-order valence-corrected chi connectivity index (χ1v) is 9.80. The summed E-state index contributed by atoms with van der Waals surface area (Å²) in [6.07, 6.45) is 2.86. The van der Waals surface area contributed by atoms with E-state index in [0.29, 0.717) is 0 Å². The van der Waals surface area contributed by atoms with Gasteiger partial charge in [0.15, 0.2) is 6.61 Å². The molecule has 0 radical (unpaired) electrons. The van der Waals surface area contributed by atoms with Crippen molar-refractivity contribution in [3.8, 4) is 0 Å². The Kier molecular flexibility index (Phi) is 5.57. The molecule has 1 saturated heterocycles. The Morgan fingerprint density at radius 3 is 2.37 bits per heavy atom. The number of carbonyl (C=O) groups is 2. The molecule has 10 heteroatoms. The number of aromatic nitrogens is 2. The lowest BCUT2D eigenvalue weighted by Gasteiger charge is -2.33. The molecule has 1 fully saturated rings. The Balaban J connectivity index is 1.51. The van der Waals surface area contributed by atoms with Crippen LogP contribution in [0.1, 0.15) is 10.4 Å². The third-order valence-corrected chi connectivity index (χ3v) is 6.15. The molecule has 0 spiro atoms. The largest absolute Gasteiger partial charge is 0.452 e. The van der Waals surface area contributed by atoms with E-state index in [4.69, 9.17) is 4.74 Å². The molecule has 3 rings (SSSR count). The number of piperazine rings is 1. The fourth-order valence-electron chi connectivity index (χ4n) is 2.75. The van der Waals surface area contributed by atoms with E-state index in [1.807, 2.05) is 0 Å². The second-order valence-corrected chi connectivity index (χ2v) is 8.01. The van der Waals surface area contributed by atoms with Crippen LogP contribution >= 0.6 is 0 Å². The van der Waals surface area contributed by atoms with Crippen molar-refractivity contribution in [2.45, 2.75) is 4.90 Å². The van der Waals surface area contributed by atoms with Crippen LogP contribution in [0.15, 0.2) is 47.6 Å². The molecule has 1 aliphatic rings. The van der Waals surface area contributed by atoms with E-state index in [1.165, 1.54) is 26.3 Å². The maximum Gasteiger partial charge on any atom is 0.341 e. The van der Waals surface area contributed by atoms with E-state index >= 15 is 0 Å². The normalized spacial score (nSPS) is 15.5. The third kappa shape index (κ3) is 4.34. The molecule has 0 saturated carbocycles. The van der Waals surface area contributed by atoms with Gasteiger partial charge in [0.1, 0.15) is 0 Å². The number of rotatable bonds is 5.